The molecule has 174 valence electrons. The molecule has 4 bridgehead atoms. The van der Waals surface area contributed by atoms with Crippen LogP contribution in [0.1, 0.15) is 48.2 Å². The van der Waals surface area contributed by atoms with E-state index in [0.717, 1.165) is 64.1 Å². The fraction of sp³-hybridized carbons (Fsp3) is 0.556. The van der Waals surface area contributed by atoms with E-state index in [1.807, 2.05) is 18.2 Å². The molecule has 5 fully saturated rings. The van der Waals surface area contributed by atoms with E-state index in [0.29, 0.717) is 23.4 Å². The number of aromatic nitrogens is 1. The van der Waals surface area contributed by atoms with Gasteiger partial charge in [0.05, 0.1) is 5.60 Å². The van der Waals surface area contributed by atoms with Gasteiger partial charge in [0.15, 0.2) is 0 Å². The van der Waals surface area contributed by atoms with E-state index in [1.165, 1.54) is 11.3 Å². The molecule has 2 atom stereocenters. The Kier molecular flexibility index (Phi) is 5.09. The first-order valence-corrected chi connectivity index (χ1v) is 12.5. The summed E-state index contributed by atoms with van der Waals surface area (Å²) in [6.07, 6.45) is 4.92. The number of anilines is 2. The number of benzene rings is 1. The minimum Gasteiger partial charge on any atom is -0.390 e. The van der Waals surface area contributed by atoms with Crippen molar-refractivity contribution in [1.82, 2.24) is 10.3 Å². The predicted octanol–water partition coefficient (Wildman–Crippen LogP) is 3.39. The molecule has 2 N–H and O–H groups in total. The summed E-state index contributed by atoms with van der Waals surface area (Å²) in [5.74, 6) is 2.26. The van der Waals surface area contributed by atoms with Crippen molar-refractivity contribution in [3.05, 3.63) is 53.7 Å². The van der Waals surface area contributed by atoms with Gasteiger partial charge in [-0.15, -0.1) is 0 Å². The molecule has 0 radical (unpaired) electrons. The highest BCUT2D eigenvalue weighted by atomic mass is 16.3. The van der Waals surface area contributed by atoms with Crippen molar-refractivity contribution in [2.24, 2.45) is 17.8 Å². The number of aliphatic hydroxyl groups is 1. The minimum atomic E-state index is -0.476. The van der Waals surface area contributed by atoms with Crippen molar-refractivity contribution >= 4 is 17.4 Å². The van der Waals surface area contributed by atoms with Gasteiger partial charge < -0.3 is 20.2 Å². The van der Waals surface area contributed by atoms with Gasteiger partial charge in [-0.2, -0.15) is 0 Å². The number of nitrogens with one attached hydrogen (secondary N) is 1. The second kappa shape index (κ2) is 8.01. The Morgan fingerprint density at radius 3 is 2.30 bits per heavy atom. The Morgan fingerprint density at radius 2 is 1.64 bits per heavy atom. The molecule has 1 aromatic heterocycles. The summed E-state index contributed by atoms with van der Waals surface area (Å²) in [6.45, 7) is 5.77. The van der Waals surface area contributed by atoms with E-state index in [4.69, 9.17) is 4.98 Å². The molecule has 1 aliphatic heterocycles. The quantitative estimate of drug-likeness (QED) is 0.754. The molecule has 2 unspecified atom stereocenters. The van der Waals surface area contributed by atoms with E-state index in [2.05, 4.69) is 46.3 Å². The molecule has 0 spiro atoms. The molecular weight excluding hydrogens is 412 g/mol. The lowest BCUT2D eigenvalue weighted by Gasteiger charge is -2.58. The van der Waals surface area contributed by atoms with Crippen molar-refractivity contribution in [1.29, 1.82) is 0 Å². The van der Waals surface area contributed by atoms with Gasteiger partial charge in [-0.3, -0.25) is 4.79 Å². The summed E-state index contributed by atoms with van der Waals surface area (Å²) in [5, 5.41) is 14.1. The number of aryl methyl sites for hydroxylation is 1. The zero-order valence-corrected chi connectivity index (χ0v) is 19.4. The second-order valence-electron chi connectivity index (χ2n) is 10.9. The molecule has 6 heteroatoms. The number of nitrogens with zero attached hydrogens (tertiary/aromatic N) is 3. The third kappa shape index (κ3) is 3.99. The maximum absolute atomic E-state index is 13.2. The number of hydrogen-bond acceptors (Lipinski definition) is 5. The SMILES string of the molecule is Cc1ccc(N2CCN(c3cccc(C(=O)N[C@H]4C5CC6CC4C[C@](O)(C6)C5)n3)CC2)cc1. The number of carbonyl (C=O) groups is 1. The smallest absolute Gasteiger partial charge is 0.270 e. The van der Waals surface area contributed by atoms with Crippen molar-refractivity contribution in [3.8, 4) is 0 Å². The fourth-order valence-electron chi connectivity index (χ4n) is 7.12. The lowest BCUT2D eigenvalue weighted by Crippen LogP contribution is -2.61. The van der Waals surface area contributed by atoms with Gasteiger partial charge in [-0.25, -0.2) is 4.98 Å². The predicted molar refractivity (Wildman–Crippen MR) is 130 cm³/mol. The highest BCUT2D eigenvalue weighted by molar-refractivity contribution is 5.93. The zero-order chi connectivity index (χ0) is 22.6. The minimum absolute atomic E-state index is 0.0698. The van der Waals surface area contributed by atoms with E-state index >= 15 is 0 Å². The number of hydrogen-bond donors (Lipinski definition) is 2. The molecule has 33 heavy (non-hydrogen) atoms. The van der Waals surface area contributed by atoms with E-state index in [9.17, 15) is 9.90 Å². The topological polar surface area (TPSA) is 68.7 Å². The van der Waals surface area contributed by atoms with Crippen LogP contribution in [0.3, 0.4) is 0 Å². The normalized spacial score (nSPS) is 32.8. The van der Waals surface area contributed by atoms with E-state index in [1.54, 1.807) is 0 Å². The lowest BCUT2D eigenvalue weighted by molar-refractivity contribution is -0.136. The van der Waals surface area contributed by atoms with E-state index < -0.39 is 5.60 Å². The van der Waals surface area contributed by atoms with Crippen molar-refractivity contribution in [2.75, 3.05) is 36.0 Å². The van der Waals surface area contributed by atoms with E-state index in [-0.39, 0.29) is 11.9 Å². The summed E-state index contributed by atoms with van der Waals surface area (Å²) in [6, 6.07) is 14.7. The molecule has 2 aromatic rings. The Morgan fingerprint density at radius 1 is 0.970 bits per heavy atom. The summed E-state index contributed by atoms with van der Waals surface area (Å²) in [4.78, 5) is 22.6. The van der Waals surface area contributed by atoms with Gasteiger partial charge in [-0.05, 0) is 81.0 Å². The Balaban J connectivity index is 1.10. The number of rotatable bonds is 4. The Hall–Kier alpha value is -2.60. The summed E-state index contributed by atoms with van der Waals surface area (Å²) in [7, 11) is 0. The highest BCUT2D eigenvalue weighted by Crippen LogP contribution is 2.55. The number of piperazine rings is 1. The van der Waals surface area contributed by atoms with Crippen molar-refractivity contribution in [3.63, 3.8) is 0 Å². The van der Waals surface area contributed by atoms with Gasteiger partial charge in [-0.1, -0.05) is 23.8 Å². The first kappa shape index (κ1) is 21.0. The third-order valence-electron chi connectivity index (χ3n) is 8.51. The fourth-order valence-corrected chi connectivity index (χ4v) is 7.12. The van der Waals surface area contributed by atoms with Crippen LogP contribution < -0.4 is 15.1 Å². The lowest BCUT2D eigenvalue weighted by atomic mass is 9.52. The van der Waals surface area contributed by atoms with Crippen LogP contribution in [0.4, 0.5) is 11.5 Å². The molecule has 2 heterocycles. The van der Waals surface area contributed by atoms with Gasteiger partial charge >= 0.3 is 0 Å². The molecule has 5 aliphatic rings. The maximum atomic E-state index is 13.2. The monoisotopic (exact) mass is 446 g/mol. The third-order valence-corrected chi connectivity index (χ3v) is 8.51. The number of carbonyl (C=O) groups excluding carboxylic acids is 1. The average molecular weight is 447 g/mol. The number of pyridine rings is 1. The summed E-state index contributed by atoms with van der Waals surface area (Å²) < 4.78 is 0. The number of amides is 1. The van der Waals surface area contributed by atoms with Gasteiger partial charge in [0.25, 0.3) is 5.91 Å². The first-order chi connectivity index (χ1) is 16.0. The largest absolute Gasteiger partial charge is 0.390 e. The van der Waals surface area contributed by atoms with Crippen LogP contribution in [0.2, 0.25) is 0 Å². The molecule has 4 aliphatic carbocycles. The molecular formula is C27H34N4O2. The highest BCUT2D eigenvalue weighted by Gasteiger charge is 2.55. The molecule has 7 rings (SSSR count). The van der Waals surface area contributed by atoms with Crippen LogP contribution in [0.25, 0.3) is 0 Å². The molecule has 1 aromatic carbocycles. The van der Waals surface area contributed by atoms with Crippen LogP contribution in [0, 0.1) is 24.7 Å². The molecule has 6 nitrogen and oxygen atoms in total. The van der Waals surface area contributed by atoms with Crippen molar-refractivity contribution in [2.45, 2.75) is 50.7 Å². The van der Waals surface area contributed by atoms with Crippen LogP contribution in [-0.4, -0.2) is 53.8 Å². The first-order valence-electron chi connectivity index (χ1n) is 12.5. The van der Waals surface area contributed by atoms with Gasteiger partial charge in [0.2, 0.25) is 0 Å². The summed E-state index contributed by atoms with van der Waals surface area (Å²) in [5.41, 5.74) is 2.57. The Bertz CT molecular complexity index is 1010. The van der Waals surface area contributed by atoms with Gasteiger partial charge in [0.1, 0.15) is 11.5 Å². The Labute approximate surface area is 196 Å². The van der Waals surface area contributed by atoms with Crippen LogP contribution >= 0.6 is 0 Å². The average Bonchev–Trinajstić information content (AvgIpc) is 2.81. The van der Waals surface area contributed by atoms with Crippen molar-refractivity contribution < 1.29 is 9.90 Å². The molecule has 4 saturated carbocycles. The van der Waals surface area contributed by atoms with Crippen LogP contribution in [0.5, 0.6) is 0 Å². The molecule has 1 saturated heterocycles. The van der Waals surface area contributed by atoms with Gasteiger partial charge in [0, 0.05) is 37.9 Å². The van der Waals surface area contributed by atoms with Crippen LogP contribution in [0.15, 0.2) is 42.5 Å². The second-order valence-corrected chi connectivity index (χ2v) is 10.9. The molecule has 1 amide bonds. The standard InChI is InChI=1S/C27H34N4O2/c1-18-5-7-22(8-6-18)30-9-11-31(12-10-30)24-4-2-3-23(28-24)26(32)29-25-20-13-19-14-21(25)17-27(33,15-19)16-20/h2-8,19-21,25,33H,9-17H2,1H3,(H,29,32)/t19?,20?,21?,25-,27-. The van der Waals surface area contributed by atoms with Crippen LogP contribution in [-0.2, 0) is 0 Å². The maximum Gasteiger partial charge on any atom is 0.270 e. The zero-order valence-electron chi connectivity index (χ0n) is 19.4. The summed E-state index contributed by atoms with van der Waals surface area (Å²) >= 11 is 0.